The van der Waals surface area contributed by atoms with Crippen molar-refractivity contribution in [3.05, 3.63) is 11.3 Å². The number of anilines is 2. The number of rotatable bonds is 4. The molecule has 1 aromatic heterocycles. The zero-order valence-corrected chi connectivity index (χ0v) is 14.8. The maximum atomic E-state index is 4.99. The average molecular weight is 329 g/mol. The lowest BCUT2D eigenvalue weighted by molar-refractivity contribution is 0.626. The smallest absolute Gasteiger partial charge is 0.224 e. The lowest BCUT2D eigenvalue weighted by atomic mass is 9.96. The van der Waals surface area contributed by atoms with Crippen LogP contribution in [0.3, 0.4) is 0 Å². The summed E-state index contributed by atoms with van der Waals surface area (Å²) in [4.78, 5) is 12.4. The van der Waals surface area contributed by atoms with Crippen LogP contribution in [0.5, 0.6) is 0 Å². The summed E-state index contributed by atoms with van der Waals surface area (Å²) < 4.78 is 0. The molecule has 1 atom stereocenters. The summed E-state index contributed by atoms with van der Waals surface area (Å²) in [6.07, 6.45) is 12.7. The molecular weight excluding hydrogens is 298 g/mol. The molecule has 132 valence electrons. The van der Waals surface area contributed by atoms with Gasteiger partial charge in [-0.15, -0.1) is 0 Å². The monoisotopic (exact) mass is 329 g/mol. The van der Waals surface area contributed by atoms with Gasteiger partial charge in [0.25, 0.3) is 0 Å². The van der Waals surface area contributed by atoms with Crippen LogP contribution < -0.4 is 15.5 Å². The lowest BCUT2D eigenvalue weighted by Crippen LogP contribution is -2.31. The molecule has 2 fully saturated rings. The van der Waals surface area contributed by atoms with E-state index in [0.717, 1.165) is 45.0 Å². The van der Waals surface area contributed by atoms with Crippen molar-refractivity contribution >= 4 is 11.8 Å². The van der Waals surface area contributed by atoms with Crippen molar-refractivity contribution in [2.75, 3.05) is 36.4 Å². The molecule has 0 amide bonds. The molecule has 2 N–H and O–H groups in total. The van der Waals surface area contributed by atoms with Gasteiger partial charge in [-0.3, -0.25) is 0 Å². The maximum absolute atomic E-state index is 4.99. The molecule has 2 aliphatic heterocycles. The first-order valence-electron chi connectivity index (χ1n) is 10.0. The van der Waals surface area contributed by atoms with Crippen LogP contribution in [0.15, 0.2) is 0 Å². The molecule has 24 heavy (non-hydrogen) atoms. The molecule has 0 saturated carbocycles. The second-order valence-electron chi connectivity index (χ2n) is 7.58. The Bertz CT molecular complexity index is 545. The molecular formula is C19H31N5. The molecule has 2 saturated heterocycles. The van der Waals surface area contributed by atoms with Crippen molar-refractivity contribution in [1.29, 1.82) is 0 Å². The third kappa shape index (κ3) is 3.66. The highest BCUT2D eigenvalue weighted by molar-refractivity contribution is 5.53. The van der Waals surface area contributed by atoms with Gasteiger partial charge in [0, 0.05) is 31.2 Å². The van der Waals surface area contributed by atoms with Crippen molar-refractivity contribution in [2.45, 2.75) is 70.3 Å². The van der Waals surface area contributed by atoms with Gasteiger partial charge in [-0.2, -0.15) is 4.98 Å². The molecule has 4 rings (SSSR count). The van der Waals surface area contributed by atoms with E-state index < -0.39 is 0 Å². The molecule has 0 spiro atoms. The molecule has 1 unspecified atom stereocenters. The van der Waals surface area contributed by atoms with E-state index in [9.17, 15) is 0 Å². The summed E-state index contributed by atoms with van der Waals surface area (Å²) in [7, 11) is 0. The minimum Gasteiger partial charge on any atom is -0.356 e. The minimum absolute atomic E-state index is 0.575. The van der Waals surface area contributed by atoms with Gasteiger partial charge in [0.1, 0.15) is 5.82 Å². The van der Waals surface area contributed by atoms with E-state index in [4.69, 9.17) is 9.97 Å². The Labute approximate surface area is 145 Å². The summed E-state index contributed by atoms with van der Waals surface area (Å²) in [5.74, 6) is 2.09. The first-order chi connectivity index (χ1) is 11.9. The molecule has 0 aromatic carbocycles. The quantitative estimate of drug-likeness (QED) is 0.889. The zero-order chi connectivity index (χ0) is 16.2. The fourth-order valence-corrected chi connectivity index (χ4v) is 4.34. The Morgan fingerprint density at radius 3 is 2.58 bits per heavy atom. The standard InChI is InChI=1S/C19H31N5/c1-2-6-13-24(12-5-1)18-16-9-3-4-10-17(16)22-19(23-18)21-14-15-8-7-11-20-15/h15,20H,1-14H2,(H,21,22,23). The summed E-state index contributed by atoms with van der Waals surface area (Å²) >= 11 is 0. The summed E-state index contributed by atoms with van der Waals surface area (Å²) in [5.41, 5.74) is 2.74. The largest absolute Gasteiger partial charge is 0.356 e. The Kier molecular flexibility index (Phi) is 5.16. The first kappa shape index (κ1) is 16.1. The third-order valence-electron chi connectivity index (χ3n) is 5.74. The van der Waals surface area contributed by atoms with Crippen LogP contribution in [-0.2, 0) is 12.8 Å². The highest BCUT2D eigenvalue weighted by Crippen LogP contribution is 2.30. The zero-order valence-electron chi connectivity index (χ0n) is 14.8. The first-order valence-corrected chi connectivity index (χ1v) is 10.0. The molecule has 0 radical (unpaired) electrons. The van der Waals surface area contributed by atoms with E-state index >= 15 is 0 Å². The predicted octanol–water partition coefficient (Wildman–Crippen LogP) is 2.90. The van der Waals surface area contributed by atoms with E-state index in [2.05, 4.69) is 15.5 Å². The second kappa shape index (κ2) is 7.68. The molecule has 5 nitrogen and oxygen atoms in total. The van der Waals surface area contributed by atoms with E-state index in [-0.39, 0.29) is 0 Å². The number of aromatic nitrogens is 2. The van der Waals surface area contributed by atoms with Crippen LogP contribution in [-0.4, -0.2) is 42.2 Å². The number of aryl methyl sites for hydroxylation is 1. The van der Waals surface area contributed by atoms with Crippen molar-refractivity contribution in [3.8, 4) is 0 Å². The number of hydrogen-bond acceptors (Lipinski definition) is 5. The van der Waals surface area contributed by atoms with Crippen molar-refractivity contribution < 1.29 is 0 Å². The van der Waals surface area contributed by atoms with E-state index in [0.29, 0.717) is 6.04 Å². The van der Waals surface area contributed by atoms with E-state index in [1.165, 1.54) is 68.4 Å². The summed E-state index contributed by atoms with van der Waals surface area (Å²) in [5, 5.41) is 7.07. The molecule has 3 heterocycles. The molecule has 3 aliphatic rings. The van der Waals surface area contributed by atoms with Gasteiger partial charge in [0.05, 0.1) is 5.69 Å². The van der Waals surface area contributed by atoms with Crippen LogP contribution >= 0.6 is 0 Å². The fourth-order valence-electron chi connectivity index (χ4n) is 4.34. The number of nitrogens with one attached hydrogen (secondary N) is 2. The van der Waals surface area contributed by atoms with E-state index in [1.807, 2.05) is 0 Å². The summed E-state index contributed by atoms with van der Waals surface area (Å²) in [6, 6.07) is 0.575. The van der Waals surface area contributed by atoms with Crippen LogP contribution in [0, 0.1) is 0 Å². The van der Waals surface area contributed by atoms with Gasteiger partial charge in [-0.25, -0.2) is 4.98 Å². The van der Waals surface area contributed by atoms with Crippen LogP contribution in [0.2, 0.25) is 0 Å². The number of hydrogen-bond donors (Lipinski definition) is 2. The molecule has 1 aromatic rings. The van der Waals surface area contributed by atoms with Crippen molar-refractivity contribution in [1.82, 2.24) is 15.3 Å². The Morgan fingerprint density at radius 1 is 0.958 bits per heavy atom. The molecule has 1 aliphatic carbocycles. The van der Waals surface area contributed by atoms with Crippen LogP contribution in [0.25, 0.3) is 0 Å². The second-order valence-corrected chi connectivity index (χ2v) is 7.58. The van der Waals surface area contributed by atoms with Gasteiger partial charge in [0.15, 0.2) is 0 Å². The Morgan fingerprint density at radius 2 is 1.79 bits per heavy atom. The molecule has 5 heteroatoms. The molecule has 0 bridgehead atoms. The maximum Gasteiger partial charge on any atom is 0.224 e. The van der Waals surface area contributed by atoms with Crippen LogP contribution in [0.1, 0.15) is 62.6 Å². The van der Waals surface area contributed by atoms with Gasteiger partial charge < -0.3 is 15.5 Å². The van der Waals surface area contributed by atoms with Gasteiger partial charge in [-0.05, 0) is 57.9 Å². The van der Waals surface area contributed by atoms with E-state index in [1.54, 1.807) is 0 Å². The van der Waals surface area contributed by atoms with Crippen molar-refractivity contribution in [2.24, 2.45) is 0 Å². The number of fused-ring (bicyclic) bond motifs is 1. The Balaban J connectivity index is 1.56. The lowest BCUT2D eigenvalue weighted by Gasteiger charge is -2.28. The highest BCUT2D eigenvalue weighted by Gasteiger charge is 2.23. The fraction of sp³-hybridized carbons (Fsp3) is 0.789. The third-order valence-corrected chi connectivity index (χ3v) is 5.74. The van der Waals surface area contributed by atoms with Gasteiger partial charge >= 0.3 is 0 Å². The highest BCUT2D eigenvalue weighted by atomic mass is 15.2. The van der Waals surface area contributed by atoms with Gasteiger partial charge in [0.2, 0.25) is 5.95 Å². The minimum atomic E-state index is 0.575. The van der Waals surface area contributed by atoms with Crippen LogP contribution in [0.4, 0.5) is 11.8 Å². The topological polar surface area (TPSA) is 53.1 Å². The summed E-state index contributed by atoms with van der Waals surface area (Å²) in [6.45, 7) is 4.41. The Hall–Kier alpha value is -1.36. The average Bonchev–Trinajstić information content (AvgIpc) is 3.00. The number of nitrogens with zero attached hydrogens (tertiary/aromatic N) is 3. The SMILES string of the molecule is C1CCCN(c2nc(NCC3CCCN3)nc3c2CCCC3)CC1. The van der Waals surface area contributed by atoms with Crippen molar-refractivity contribution in [3.63, 3.8) is 0 Å². The normalized spacial score (nSPS) is 24.5. The van der Waals surface area contributed by atoms with Gasteiger partial charge in [-0.1, -0.05) is 12.8 Å². The predicted molar refractivity (Wildman–Crippen MR) is 98.9 cm³/mol.